The lowest BCUT2D eigenvalue weighted by Gasteiger charge is -2.04. The number of nitrogens with one attached hydrogen (secondary N) is 1. The quantitative estimate of drug-likeness (QED) is 0.461. The van der Waals surface area contributed by atoms with Gasteiger partial charge in [0.25, 0.3) is 0 Å². The number of pyridine rings is 2. The lowest BCUT2D eigenvalue weighted by atomic mass is 10.3. The van der Waals surface area contributed by atoms with Crippen LogP contribution in [0, 0.1) is 11.3 Å². The molecule has 5 rings (SSSR count). The maximum atomic E-state index is 8.73. The molecule has 5 heterocycles. The second-order valence-electron chi connectivity index (χ2n) is 6.25. The van der Waals surface area contributed by atoms with Gasteiger partial charge >= 0.3 is 0 Å². The second kappa shape index (κ2) is 9.66. The normalized spacial score (nSPS) is 10.2. The largest absolute Gasteiger partial charge is 0.322 e. The standard InChI is InChI=1S/C10H9N7.C10H8N4/c1-2-4-11-8(3-1)7-17-6-5-12-10(17)9-13-15-16-14-9;11-7-10-13-5-6-14(10)8-9-3-1-2-4-12-9/h1-6H,7H2,(H,13,14,15,16);1-6H,8H2. The molecule has 0 unspecified atom stereocenters. The van der Waals surface area contributed by atoms with Gasteiger partial charge in [0.05, 0.1) is 24.5 Å². The highest BCUT2D eigenvalue weighted by atomic mass is 15.5. The number of rotatable bonds is 5. The summed E-state index contributed by atoms with van der Waals surface area (Å²) >= 11 is 0. The third-order valence-corrected chi connectivity index (χ3v) is 4.19. The number of imidazole rings is 2. The zero-order chi connectivity index (χ0) is 21.3. The summed E-state index contributed by atoms with van der Waals surface area (Å²) in [5.74, 6) is 1.56. The molecule has 5 aromatic heterocycles. The monoisotopic (exact) mass is 411 g/mol. The van der Waals surface area contributed by atoms with Gasteiger partial charge in [0.1, 0.15) is 6.07 Å². The van der Waals surface area contributed by atoms with E-state index >= 15 is 0 Å². The zero-order valence-electron chi connectivity index (χ0n) is 16.3. The maximum absolute atomic E-state index is 8.73. The van der Waals surface area contributed by atoms with Crippen molar-refractivity contribution in [2.45, 2.75) is 13.1 Å². The molecule has 11 heteroatoms. The van der Waals surface area contributed by atoms with E-state index in [1.165, 1.54) is 0 Å². The van der Waals surface area contributed by atoms with Crippen molar-refractivity contribution >= 4 is 0 Å². The molecule has 0 aromatic carbocycles. The van der Waals surface area contributed by atoms with Crippen LogP contribution in [0.3, 0.4) is 0 Å². The summed E-state index contributed by atoms with van der Waals surface area (Å²) in [5, 5.41) is 22.5. The van der Waals surface area contributed by atoms with Gasteiger partial charge in [-0.3, -0.25) is 9.97 Å². The molecule has 11 nitrogen and oxygen atoms in total. The summed E-state index contributed by atoms with van der Waals surface area (Å²) in [6, 6.07) is 13.5. The van der Waals surface area contributed by atoms with Crippen molar-refractivity contribution in [3.8, 4) is 17.7 Å². The molecule has 1 N–H and O–H groups in total. The second-order valence-corrected chi connectivity index (χ2v) is 6.25. The molecule has 0 aliphatic rings. The SMILES string of the molecule is N#Cc1nccn1Cc1ccccn1.c1ccc(Cn2ccnc2-c2nn[nH]n2)nc1. The molecule has 0 atom stereocenters. The van der Waals surface area contributed by atoms with Crippen molar-refractivity contribution in [1.82, 2.24) is 49.7 Å². The Morgan fingerprint density at radius 2 is 1.48 bits per heavy atom. The summed E-state index contributed by atoms with van der Waals surface area (Å²) < 4.78 is 3.69. The van der Waals surface area contributed by atoms with Crippen LogP contribution in [0.1, 0.15) is 17.2 Å². The highest BCUT2D eigenvalue weighted by molar-refractivity contribution is 5.41. The van der Waals surface area contributed by atoms with E-state index in [-0.39, 0.29) is 0 Å². The number of nitriles is 1. The first-order valence-electron chi connectivity index (χ1n) is 9.29. The first-order valence-corrected chi connectivity index (χ1v) is 9.29. The number of nitrogens with zero attached hydrogens (tertiary/aromatic N) is 10. The summed E-state index contributed by atoms with van der Waals surface area (Å²) in [4.78, 5) is 16.5. The van der Waals surface area contributed by atoms with Gasteiger partial charge in [-0.05, 0) is 29.5 Å². The van der Waals surface area contributed by atoms with E-state index in [4.69, 9.17) is 5.26 Å². The van der Waals surface area contributed by atoms with Crippen LogP contribution in [0.25, 0.3) is 11.6 Å². The fourth-order valence-electron chi connectivity index (χ4n) is 2.78. The molecule has 31 heavy (non-hydrogen) atoms. The molecule has 152 valence electrons. The molecule has 0 aliphatic heterocycles. The van der Waals surface area contributed by atoms with Crippen LogP contribution in [0.2, 0.25) is 0 Å². The average Bonchev–Trinajstić information content (AvgIpc) is 3.58. The Kier molecular flexibility index (Phi) is 6.10. The van der Waals surface area contributed by atoms with Gasteiger partial charge in [0, 0.05) is 37.2 Å². The van der Waals surface area contributed by atoms with Gasteiger partial charge in [0.15, 0.2) is 5.82 Å². The van der Waals surface area contributed by atoms with Crippen molar-refractivity contribution in [1.29, 1.82) is 5.26 Å². The van der Waals surface area contributed by atoms with Gasteiger partial charge in [-0.1, -0.05) is 12.1 Å². The number of hydrogen-bond acceptors (Lipinski definition) is 8. The van der Waals surface area contributed by atoms with Crippen LogP contribution in [0.4, 0.5) is 0 Å². The van der Waals surface area contributed by atoms with Gasteiger partial charge in [-0.15, -0.1) is 10.2 Å². The van der Waals surface area contributed by atoms with Crippen LogP contribution >= 0.6 is 0 Å². The van der Waals surface area contributed by atoms with E-state index in [2.05, 4.69) is 40.6 Å². The summed E-state index contributed by atoms with van der Waals surface area (Å²) in [6.07, 6.45) is 10.4. The van der Waals surface area contributed by atoms with Crippen molar-refractivity contribution in [3.63, 3.8) is 0 Å². The molecular formula is C20H17N11. The minimum atomic E-state index is 0.413. The lowest BCUT2D eigenvalue weighted by Crippen LogP contribution is -2.03. The minimum Gasteiger partial charge on any atom is -0.322 e. The zero-order valence-corrected chi connectivity index (χ0v) is 16.3. The molecule has 0 spiro atoms. The van der Waals surface area contributed by atoms with Gasteiger partial charge in [-0.25, -0.2) is 9.97 Å². The Bertz CT molecular complexity index is 1240. The molecule has 0 fully saturated rings. The predicted octanol–water partition coefficient (Wildman–Crippen LogP) is 1.70. The van der Waals surface area contributed by atoms with E-state index in [0.717, 1.165) is 11.4 Å². The van der Waals surface area contributed by atoms with Crippen molar-refractivity contribution in [2.24, 2.45) is 0 Å². The van der Waals surface area contributed by atoms with Gasteiger partial charge in [-0.2, -0.15) is 10.5 Å². The third-order valence-electron chi connectivity index (χ3n) is 4.19. The molecule has 0 aliphatic carbocycles. The molecule has 0 radical (unpaired) electrons. The number of aromatic amines is 1. The highest BCUT2D eigenvalue weighted by Crippen LogP contribution is 2.11. The summed E-state index contributed by atoms with van der Waals surface area (Å²) in [5.41, 5.74) is 1.87. The smallest absolute Gasteiger partial charge is 0.240 e. The van der Waals surface area contributed by atoms with Gasteiger partial charge in [0.2, 0.25) is 11.6 Å². The number of H-pyrrole nitrogens is 1. The van der Waals surface area contributed by atoms with Crippen LogP contribution < -0.4 is 0 Å². The molecule has 0 saturated carbocycles. The van der Waals surface area contributed by atoms with Crippen LogP contribution in [0.15, 0.2) is 73.6 Å². The number of tetrazole rings is 1. The third kappa shape index (κ3) is 5.01. The Hall–Kier alpha value is -4.72. The number of hydrogen-bond donors (Lipinski definition) is 1. The van der Waals surface area contributed by atoms with E-state index in [1.54, 1.807) is 35.6 Å². The first kappa shape index (κ1) is 19.6. The molecule has 0 bridgehead atoms. The average molecular weight is 411 g/mol. The summed E-state index contributed by atoms with van der Waals surface area (Å²) in [7, 11) is 0. The first-order chi connectivity index (χ1) is 15.3. The maximum Gasteiger partial charge on any atom is 0.240 e. The molecule has 5 aromatic rings. The van der Waals surface area contributed by atoms with E-state index < -0.39 is 0 Å². The Labute approximate surface area is 177 Å². The van der Waals surface area contributed by atoms with Crippen LogP contribution in [0.5, 0.6) is 0 Å². The van der Waals surface area contributed by atoms with E-state index in [1.807, 2.05) is 53.2 Å². The fraction of sp³-hybridized carbons (Fsp3) is 0.100. The van der Waals surface area contributed by atoms with Crippen molar-refractivity contribution in [3.05, 3.63) is 90.8 Å². The topological polar surface area (TPSA) is 140 Å². The van der Waals surface area contributed by atoms with Gasteiger partial charge < -0.3 is 9.13 Å². The van der Waals surface area contributed by atoms with Crippen molar-refractivity contribution < 1.29 is 0 Å². The number of aromatic nitrogens is 10. The fourth-order valence-corrected chi connectivity index (χ4v) is 2.78. The molecule has 0 amide bonds. The predicted molar refractivity (Wildman–Crippen MR) is 109 cm³/mol. The Morgan fingerprint density at radius 3 is 2.10 bits per heavy atom. The molecular weight excluding hydrogens is 394 g/mol. The van der Waals surface area contributed by atoms with Crippen molar-refractivity contribution in [2.75, 3.05) is 0 Å². The lowest BCUT2D eigenvalue weighted by molar-refractivity contribution is 0.760. The molecule has 0 saturated heterocycles. The minimum absolute atomic E-state index is 0.413. The Morgan fingerprint density at radius 1 is 0.806 bits per heavy atom. The van der Waals surface area contributed by atoms with E-state index in [0.29, 0.717) is 30.6 Å². The van der Waals surface area contributed by atoms with E-state index in [9.17, 15) is 0 Å². The van der Waals surface area contributed by atoms with Crippen LogP contribution in [-0.2, 0) is 13.1 Å². The summed E-state index contributed by atoms with van der Waals surface area (Å²) in [6.45, 7) is 1.22. The van der Waals surface area contributed by atoms with Crippen LogP contribution in [-0.4, -0.2) is 49.7 Å². The Balaban J connectivity index is 0.000000152. The highest BCUT2D eigenvalue weighted by Gasteiger charge is 2.10.